The molecule has 3 N–H and O–H groups in total. The van der Waals surface area contributed by atoms with E-state index in [0.29, 0.717) is 24.2 Å². The number of para-hydroxylation sites is 1. The molecule has 0 aliphatic carbocycles. The lowest BCUT2D eigenvalue weighted by molar-refractivity contribution is 0.262. The number of halogens is 1. The molecule has 5 heteroatoms. The summed E-state index contributed by atoms with van der Waals surface area (Å²) in [7, 11) is 0. The van der Waals surface area contributed by atoms with E-state index in [2.05, 4.69) is 16.0 Å². The van der Waals surface area contributed by atoms with Crippen molar-refractivity contribution in [1.29, 1.82) is 0 Å². The Balaban J connectivity index is 1.47. The minimum absolute atomic E-state index is 0.182. The van der Waals surface area contributed by atoms with Crippen LogP contribution in [-0.2, 0) is 6.42 Å². The van der Waals surface area contributed by atoms with E-state index in [1.54, 1.807) is 12.1 Å². The van der Waals surface area contributed by atoms with Gasteiger partial charge < -0.3 is 16.0 Å². The van der Waals surface area contributed by atoms with Gasteiger partial charge in [-0.05, 0) is 54.4 Å². The zero-order chi connectivity index (χ0) is 18.2. The smallest absolute Gasteiger partial charge is 0.323 e. The maximum absolute atomic E-state index is 13.6. The zero-order valence-corrected chi connectivity index (χ0v) is 14.2. The van der Waals surface area contributed by atoms with Gasteiger partial charge in [-0.25, -0.2) is 9.18 Å². The number of amides is 2. The summed E-state index contributed by atoms with van der Waals surface area (Å²) in [6.07, 6.45) is 0.603. The Morgan fingerprint density at radius 2 is 1.31 bits per heavy atom. The van der Waals surface area contributed by atoms with E-state index >= 15 is 0 Å². The number of carbonyl (C=O) groups is 1. The van der Waals surface area contributed by atoms with Crippen molar-refractivity contribution >= 4 is 23.1 Å². The fourth-order valence-corrected chi connectivity index (χ4v) is 2.53. The number of carbonyl (C=O) groups excluding carboxylic acids is 1. The Bertz CT molecular complexity index is 851. The summed E-state index contributed by atoms with van der Waals surface area (Å²) in [5, 5.41) is 8.79. The molecule has 0 bridgehead atoms. The standard InChI is InChI=1S/C21H20FN3O/c22-20-9-5-4-6-16(20)14-15-23-17-10-12-19(13-11-17)25-21(26)24-18-7-2-1-3-8-18/h1-13,23H,14-15H2,(H2,24,25,26). The van der Waals surface area contributed by atoms with Crippen LogP contribution in [0, 0.1) is 5.82 Å². The molecule has 132 valence electrons. The second kappa shape index (κ2) is 8.67. The predicted octanol–water partition coefficient (Wildman–Crippen LogP) is 5.12. The molecule has 2 amide bonds. The summed E-state index contributed by atoms with van der Waals surface area (Å²) in [5.41, 5.74) is 3.03. The number of anilines is 3. The van der Waals surface area contributed by atoms with Crippen LogP contribution < -0.4 is 16.0 Å². The van der Waals surface area contributed by atoms with Crippen LogP contribution in [0.2, 0.25) is 0 Å². The summed E-state index contributed by atoms with van der Waals surface area (Å²) < 4.78 is 13.6. The third-order valence-corrected chi connectivity index (χ3v) is 3.86. The fourth-order valence-electron chi connectivity index (χ4n) is 2.53. The average molecular weight is 349 g/mol. The molecule has 0 atom stereocenters. The molecule has 0 radical (unpaired) electrons. The van der Waals surface area contributed by atoms with Crippen LogP contribution in [0.25, 0.3) is 0 Å². The van der Waals surface area contributed by atoms with Gasteiger partial charge in [-0.3, -0.25) is 0 Å². The first-order chi connectivity index (χ1) is 12.7. The number of hydrogen-bond acceptors (Lipinski definition) is 2. The van der Waals surface area contributed by atoms with E-state index in [9.17, 15) is 9.18 Å². The van der Waals surface area contributed by atoms with Crippen LogP contribution in [-0.4, -0.2) is 12.6 Å². The molecule has 0 aliphatic rings. The monoisotopic (exact) mass is 349 g/mol. The van der Waals surface area contributed by atoms with E-state index in [1.807, 2.05) is 60.7 Å². The maximum atomic E-state index is 13.6. The minimum atomic E-state index is -0.295. The van der Waals surface area contributed by atoms with E-state index in [-0.39, 0.29) is 11.8 Å². The molecule has 0 spiro atoms. The zero-order valence-electron chi connectivity index (χ0n) is 14.2. The molecule has 26 heavy (non-hydrogen) atoms. The number of urea groups is 1. The third kappa shape index (κ3) is 5.08. The molecule has 3 rings (SSSR count). The van der Waals surface area contributed by atoms with Gasteiger partial charge in [-0.1, -0.05) is 36.4 Å². The highest BCUT2D eigenvalue weighted by Crippen LogP contribution is 2.15. The molecule has 0 saturated carbocycles. The Hall–Kier alpha value is -3.34. The number of rotatable bonds is 6. The summed E-state index contributed by atoms with van der Waals surface area (Å²) in [4.78, 5) is 12.0. The van der Waals surface area contributed by atoms with E-state index < -0.39 is 0 Å². The lowest BCUT2D eigenvalue weighted by atomic mass is 10.1. The van der Waals surface area contributed by atoms with Gasteiger partial charge in [-0.2, -0.15) is 0 Å². The average Bonchev–Trinajstić information content (AvgIpc) is 2.65. The minimum Gasteiger partial charge on any atom is -0.385 e. The van der Waals surface area contributed by atoms with Gasteiger partial charge >= 0.3 is 6.03 Å². The first kappa shape index (κ1) is 17.5. The van der Waals surface area contributed by atoms with Gasteiger partial charge in [0, 0.05) is 23.6 Å². The quantitative estimate of drug-likeness (QED) is 0.578. The molecule has 0 heterocycles. The molecular weight excluding hydrogens is 329 g/mol. The van der Waals surface area contributed by atoms with Crippen LogP contribution in [0.5, 0.6) is 0 Å². The molecule has 4 nitrogen and oxygen atoms in total. The molecule has 0 unspecified atom stereocenters. The largest absolute Gasteiger partial charge is 0.385 e. The van der Waals surface area contributed by atoms with Gasteiger partial charge in [-0.15, -0.1) is 0 Å². The van der Waals surface area contributed by atoms with Crippen molar-refractivity contribution in [3.63, 3.8) is 0 Å². The molecule has 3 aromatic rings. The summed E-state index contributed by atoms with van der Waals surface area (Å²) in [6, 6.07) is 23.1. The van der Waals surface area contributed by atoms with Crippen LogP contribution in [0.4, 0.5) is 26.2 Å². The van der Waals surface area contributed by atoms with Crippen molar-refractivity contribution in [2.45, 2.75) is 6.42 Å². The fraction of sp³-hybridized carbons (Fsp3) is 0.0952. The van der Waals surface area contributed by atoms with Gasteiger partial charge in [0.1, 0.15) is 5.82 Å². The molecule has 0 aromatic heterocycles. The van der Waals surface area contributed by atoms with E-state index in [0.717, 1.165) is 11.4 Å². The highest BCUT2D eigenvalue weighted by atomic mass is 19.1. The second-order valence-corrected chi connectivity index (χ2v) is 5.79. The van der Waals surface area contributed by atoms with E-state index in [4.69, 9.17) is 0 Å². The molecule has 0 saturated heterocycles. The number of benzene rings is 3. The molecular formula is C21H20FN3O. The second-order valence-electron chi connectivity index (χ2n) is 5.79. The highest BCUT2D eigenvalue weighted by molar-refractivity contribution is 5.99. The van der Waals surface area contributed by atoms with Gasteiger partial charge in [0.15, 0.2) is 0 Å². The Morgan fingerprint density at radius 1 is 0.731 bits per heavy atom. The summed E-state index contributed by atoms with van der Waals surface area (Å²) in [5.74, 6) is -0.182. The third-order valence-electron chi connectivity index (χ3n) is 3.86. The highest BCUT2D eigenvalue weighted by Gasteiger charge is 2.03. The Kier molecular flexibility index (Phi) is 5.83. The van der Waals surface area contributed by atoms with Crippen molar-refractivity contribution < 1.29 is 9.18 Å². The Morgan fingerprint density at radius 3 is 2.00 bits per heavy atom. The van der Waals surface area contributed by atoms with Crippen molar-refractivity contribution in [3.05, 3.63) is 90.2 Å². The van der Waals surface area contributed by atoms with Crippen molar-refractivity contribution in [2.24, 2.45) is 0 Å². The maximum Gasteiger partial charge on any atom is 0.323 e. The van der Waals surface area contributed by atoms with Crippen molar-refractivity contribution in [1.82, 2.24) is 0 Å². The molecule has 3 aromatic carbocycles. The van der Waals surface area contributed by atoms with Crippen molar-refractivity contribution in [2.75, 3.05) is 22.5 Å². The Labute approximate surface area is 152 Å². The SMILES string of the molecule is O=C(Nc1ccccc1)Nc1ccc(NCCc2ccccc2F)cc1. The summed E-state index contributed by atoms with van der Waals surface area (Å²) in [6.45, 7) is 0.627. The van der Waals surface area contributed by atoms with Crippen LogP contribution >= 0.6 is 0 Å². The number of hydrogen-bond donors (Lipinski definition) is 3. The first-order valence-corrected chi connectivity index (χ1v) is 8.41. The van der Waals surface area contributed by atoms with Gasteiger partial charge in [0.25, 0.3) is 0 Å². The van der Waals surface area contributed by atoms with Crippen LogP contribution in [0.3, 0.4) is 0 Å². The lowest BCUT2D eigenvalue weighted by Gasteiger charge is -2.10. The first-order valence-electron chi connectivity index (χ1n) is 8.41. The predicted molar refractivity (Wildman–Crippen MR) is 104 cm³/mol. The molecule has 0 aliphatic heterocycles. The summed E-state index contributed by atoms with van der Waals surface area (Å²) >= 11 is 0. The van der Waals surface area contributed by atoms with Crippen molar-refractivity contribution in [3.8, 4) is 0 Å². The van der Waals surface area contributed by atoms with Gasteiger partial charge in [0.2, 0.25) is 0 Å². The topological polar surface area (TPSA) is 53.2 Å². The van der Waals surface area contributed by atoms with E-state index in [1.165, 1.54) is 6.07 Å². The van der Waals surface area contributed by atoms with Gasteiger partial charge in [0.05, 0.1) is 0 Å². The number of nitrogens with one attached hydrogen (secondary N) is 3. The van der Waals surface area contributed by atoms with Crippen LogP contribution in [0.1, 0.15) is 5.56 Å². The molecule has 0 fully saturated rings. The van der Waals surface area contributed by atoms with Crippen LogP contribution in [0.15, 0.2) is 78.9 Å². The normalized spacial score (nSPS) is 10.2. The lowest BCUT2D eigenvalue weighted by Crippen LogP contribution is -2.19.